The van der Waals surface area contributed by atoms with Crippen LogP contribution in [0, 0.1) is 42.4 Å². The van der Waals surface area contributed by atoms with Crippen LogP contribution in [0.15, 0.2) is 54.6 Å². The number of anilines is 2. The number of hydrogen-bond donors (Lipinski definition) is 1. The van der Waals surface area contributed by atoms with Crippen molar-refractivity contribution in [3.63, 3.8) is 0 Å². The fourth-order valence-corrected chi connectivity index (χ4v) is 6.05. The van der Waals surface area contributed by atoms with E-state index in [2.05, 4.69) is 17.5 Å². The summed E-state index contributed by atoms with van der Waals surface area (Å²) in [6.45, 7) is 1.89. The predicted octanol–water partition coefficient (Wildman–Crippen LogP) is 4.46. The largest absolute Gasteiger partial charge is 0.322 e. The average molecular weight is 433 g/mol. The summed E-state index contributed by atoms with van der Waals surface area (Å²) in [4.78, 5) is 40.7. The fraction of sp³-hybridized carbons (Fsp3) is 0.320. The Bertz CT molecular complexity index is 1150. The lowest BCUT2D eigenvalue weighted by atomic mass is 9.63. The molecule has 5 aliphatic rings. The second kappa shape index (κ2) is 6.54. The number of amides is 3. The molecule has 4 aliphatic carbocycles. The number of benzene rings is 2. The summed E-state index contributed by atoms with van der Waals surface area (Å²) in [5.74, 6) is 0.416. The van der Waals surface area contributed by atoms with Crippen LogP contribution in [-0.2, 0) is 9.59 Å². The van der Waals surface area contributed by atoms with Crippen LogP contribution in [0.5, 0.6) is 0 Å². The third-order valence-electron chi connectivity index (χ3n) is 7.46. The van der Waals surface area contributed by atoms with E-state index < -0.39 is 0 Å². The van der Waals surface area contributed by atoms with Gasteiger partial charge in [0, 0.05) is 16.3 Å². The number of halogens is 1. The molecule has 1 N–H and O–H groups in total. The number of nitrogens with zero attached hydrogens (tertiary/aromatic N) is 1. The first kappa shape index (κ1) is 18.8. The van der Waals surface area contributed by atoms with E-state index in [0.717, 1.165) is 12.0 Å². The molecule has 0 radical (unpaired) electrons. The molecule has 2 saturated carbocycles. The van der Waals surface area contributed by atoms with Crippen LogP contribution in [-0.4, -0.2) is 17.7 Å². The molecule has 3 fully saturated rings. The molecule has 0 spiro atoms. The highest BCUT2D eigenvalue weighted by Crippen LogP contribution is 2.65. The molecule has 1 saturated heterocycles. The molecule has 1 heterocycles. The maximum atomic E-state index is 13.3. The SMILES string of the molecule is Cc1ccc(NC(=O)c2cccc(N3C(=O)[C@H]4[C@@H]5C=C[C@H]([C@H]6C[C@H]56)[C@@H]4C3=O)c2)cc1Cl. The van der Waals surface area contributed by atoms with Crippen LogP contribution < -0.4 is 10.2 Å². The highest BCUT2D eigenvalue weighted by atomic mass is 35.5. The van der Waals surface area contributed by atoms with Gasteiger partial charge < -0.3 is 5.32 Å². The molecule has 156 valence electrons. The number of aryl methyl sites for hydroxylation is 1. The summed E-state index contributed by atoms with van der Waals surface area (Å²) in [5.41, 5.74) is 2.36. The van der Waals surface area contributed by atoms with Gasteiger partial charge in [-0.25, -0.2) is 4.90 Å². The topological polar surface area (TPSA) is 66.5 Å². The van der Waals surface area contributed by atoms with Gasteiger partial charge in [0.05, 0.1) is 17.5 Å². The van der Waals surface area contributed by atoms with E-state index in [-0.39, 0.29) is 41.4 Å². The molecule has 2 aromatic carbocycles. The maximum absolute atomic E-state index is 13.3. The van der Waals surface area contributed by atoms with E-state index >= 15 is 0 Å². The molecular formula is C25H21ClN2O3. The van der Waals surface area contributed by atoms with Crippen molar-refractivity contribution in [3.05, 3.63) is 70.8 Å². The number of rotatable bonds is 3. The highest BCUT2D eigenvalue weighted by Gasteiger charge is 2.67. The third-order valence-corrected chi connectivity index (χ3v) is 7.87. The number of nitrogens with one attached hydrogen (secondary N) is 1. The quantitative estimate of drug-likeness (QED) is 0.575. The monoisotopic (exact) mass is 432 g/mol. The number of allylic oxidation sites excluding steroid dienone is 2. The van der Waals surface area contributed by atoms with Gasteiger partial charge in [0.25, 0.3) is 5.91 Å². The van der Waals surface area contributed by atoms with Crippen LogP contribution in [0.4, 0.5) is 11.4 Å². The standard InChI is InChI=1S/C25H21ClN2O3/c1-12-5-6-14(10-20(12)26)27-23(29)13-3-2-4-15(9-13)28-24(30)21-16-7-8-17(19-11-18(16)19)22(21)25(28)31/h2-10,16-19,21-22H,11H2,1H3,(H,27,29)/t16-,17-,18-,19-,21+,22+/m1/s1. The number of imide groups is 1. The molecule has 5 nitrogen and oxygen atoms in total. The first-order valence-corrected chi connectivity index (χ1v) is 11.1. The normalized spacial score (nSPS) is 32.1. The summed E-state index contributed by atoms with van der Waals surface area (Å²) in [5, 5.41) is 3.40. The Kier molecular flexibility index (Phi) is 3.97. The van der Waals surface area contributed by atoms with E-state index in [4.69, 9.17) is 11.6 Å². The van der Waals surface area contributed by atoms with Crippen LogP contribution in [0.2, 0.25) is 5.02 Å². The first-order chi connectivity index (χ1) is 14.9. The van der Waals surface area contributed by atoms with E-state index in [1.807, 2.05) is 13.0 Å². The second-order valence-electron chi connectivity index (χ2n) is 9.13. The molecule has 6 heteroatoms. The minimum Gasteiger partial charge on any atom is -0.322 e. The van der Waals surface area contributed by atoms with Gasteiger partial charge in [-0.05, 0) is 72.9 Å². The van der Waals surface area contributed by atoms with E-state index in [9.17, 15) is 14.4 Å². The van der Waals surface area contributed by atoms with E-state index in [0.29, 0.717) is 33.8 Å². The van der Waals surface area contributed by atoms with Crippen molar-refractivity contribution >= 4 is 40.7 Å². The van der Waals surface area contributed by atoms with Crippen molar-refractivity contribution in [2.45, 2.75) is 13.3 Å². The Labute approximate surface area is 185 Å². The third kappa shape index (κ3) is 2.72. The molecule has 0 aromatic heterocycles. The smallest absolute Gasteiger partial charge is 0.255 e. The van der Waals surface area contributed by atoms with Crippen molar-refractivity contribution in [1.82, 2.24) is 0 Å². The molecule has 2 bridgehead atoms. The van der Waals surface area contributed by atoms with Crippen molar-refractivity contribution in [2.75, 3.05) is 10.2 Å². The maximum Gasteiger partial charge on any atom is 0.255 e. The number of carbonyl (C=O) groups excluding carboxylic acids is 3. The molecular weight excluding hydrogens is 412 g/mol. The Morgan fingerprint density at radius 1 is 1.00 bits per heavy atom. The molecule has 7 rings (SSSR count). The Morgan fingerprint density at radius 3 is 2.32 bits per heavy atom. The molecule has 0 unspecified atom stereocenters. The van der Waals surface area contributed by atoms with Gasteiger partial charge >= 0.3 is 0 Å². The van der Waals surface area contributed by atoms with Gasteiger partial charge in [-0.1, -0.05) is 35.9 Å². The number of hydrogen-bond acceptors (Lipinski definition) is 3. The van der Waals surface area contributed by atoms with Crippen molar-refractivity contribution in [2.24, 2.45) is 35.5 Å². The fourth-order valence-electron chi connectivity index (χ4n) is 5.87. The zero-order valence-electron chi connectivity index (χ0n) is 16.9. The van der Waals surface area contributed by atoms with Crippen molar-refractivity contribution in [1.29, 1.82) is 0 Å². The molecule has 31 heavy (non-hydrogen) atoms. The highest BCUT2D eigenvalue weighted by molar-refractivity contribution is 6.31. The zero-order chi connectivity index (χ0) is 21.4. The summed E-state index contributed by atoms with van der Waals surface area (Å²) in [6, 6.07) is 12.0. The van der Waals surface area contributed by atoms with Gasteiger partial charge in [-0.2, -0.15) is 0 Å². The Morgan fingerprint density at radius 2 is 1.68 bits per heavy atom. The van der Waals surface area contributed by atoms with Gasteiger partial charge in [0.15, 0.2) is 0 Å². The molecule has 2 aromatic rings. The lowest BCUT2D eigenvalue weighted by Gasteiger charge is -2.37. The van der Waals surface area contributed by atoms with Crippen LogP contribution in [0.3, 0.4) is 0 Å². The van der Waals surface area contributed by atoms with Gasteiger partial charge in [-0.15, -0.1) is 0 Å². The Hall–Kier alpha value is -2.92. The van der Waals surface area contributed by atoms with Crippen molar-refractivity contribution in [3.8, 4) is 0 Å². The zero-order valence-corrected chi connectivity index (χ0v) is 17.7. The van der Waals surface area contributed by atoms with Crippen LogP contribution in [0.1, 0.15) is 22.3 Å². The molecule has 6 atom stereocenters. The number of carbonyl (C=O) groups is 3. The van der Waals surface area contributed by atoms with E-state index in [1.165, 1.54) is 4.90 Å². The Balaban J connectivity index is 1.28. The lowest BCUT2D eigenvalue weighted by Crippen LogP contribution is -2.40. The molecule has 1 aliphatic heterocycles. The first-order valence-electron chi connectivity index (χ1n) is 10.7. The van der Waals surface area contributed by atoms with Gasteiger partial charge in [0.1, 0.15) is 0 Å². The lowest BCUT2D eigenvalue weighted by molar-refractivity contribution is -0.124. The van der Waals surface area contributed by atoms with Gasteiger partial charge in [0.2, 0.25) is 11.8 Å². The van der Waals surface area contributed by atoms with Crippen LogP contribution in [0.25, 0.3) is 0 Å². The summed E-state index contributed by atoms with van der Waals surface area (Å²) in [6.07, 6.45) is 5.45. The minimum absolute atomic E-state index is 0.123. The van der Waals surface area contributed by atoms with E-state index in [1.54, 1.807) is 36.4 Å². The summed E-state index contributed by atoms with van der Waals surface area (Å²) < 4.78 is 0. The average Bonchev–Trinajstić information content (AvgIpc) is 3.54. The van der Waals surface area contributed by atoms with Crippen LogP contribution >= 0.6 is 11.6 Å². The predicted molar refractivity (Wildman–Crippen MR) is 118 cm³/mol. The minimum atomic E-state index is -0.318. The molecule has 3 amide bonds. The van der Waals surface area contributed by atoms with Gasteiger partial charge in [-0.3, -0.25) is 14.4 Å². The summed E-state index contributed by atoms with van der Waals surface area (Å²) >= 11 is 6.15. The second-order valence-corrected chi connectivity index (χ2v) is 9.54. The van der Waals surface area contributed by atoms with Crippen molar-refractivity contribution < 1.29 is 14.4 Å². The summed E-state index contributed by atoms with van der Waals surface area (Å²) in [7, 11) is 0.